The van der Waals surface area contributed by atoms with Gasteiger partial charge in [-0.25, -0.2) is 0 Å². The van der Waals surface area contributed by atoms with Crippen LogP contribution in [0, 0.1) is 0 Å². The van der Waals surface area contributed by atoms with E-state index in [2.05, 4.69) is 219 Å². The Balaban J connectivity index is 1.21. The van der Waals surface area contributed by atoms with E-state index >= 15 is 0 Å². The zero-order valence-electron chi connectivity index (χ0n) is 35.2. The number of fused-ring (bicyclic) bond motifs is 6. The standard InChI is InChI=1S/C58H44N2S2/c1-35(2)47-33-51(59(37-17-7-5-8-18-37)49-25-15-23-43-39-21-11-13-27-53(39)61-57(43)49)45-32-30-42-48(36(3)4)34-52(46-31-29-41(47)55(45)56(42)46)60(38-19-9-6-10-20-38)50-26-16-24-44-40-22-12-14-28-54(40)62-58(44)50/h5-36H,1-4H3. The summed E-state index contributed by atoms with van der Waals surface area (Å²) in [5, 5.41) is 13.1. The highest BCUT2D eigenvalue weighted by atomic mass is 32.1. The molecule has 2 nitrogen and oxygen atoms in total. The Morgan fingerprint density at radius 1 is 0.323 bits per heavy atom. The van der Waals surface area contributed by atoms with E-state index in [0.717, 1.165) is 11.4 Å². The predicted octanol–water partition coefficient (Wildman–Crippen LogP) is 18.5. The van der Waals surface area contributed by atoms with E-state index in [-0.39, 0.29) is 0 Å². The summed E-state index contributed by atoms with van der Waals surface area (Å²) >= 11 is 3.78. The van der Waals surface area contributed by atoms with Crippen molar-refractivity contribution in [1.29, 1.82) is 0 Å². The molecule has 0 radical (unpaired) electrons. The molecule has 2 heterocycles. The molecule has 298 valence electrons. The number of nitrogens with zero attached hydrogens (tertiary/aromatic N) is 2. The Hall–Kier alpha value is -6.72. The highest BCUT2D eigenvalue weighted by Gasteiger charge is 2.27. The number of hydrogen-bond acceptors (Lipinski definition) is 4. The van der Waals surface area contributed by atoms with Gasteiger partial charge in [0.15, 0.2) is 0 Å². The first kappa shape index (κ1) is 37.1. The van der Waals surface area contributed by atoms with Crippen LogP contribution in [0.4, 0.5) is 34.1 Å². The highest BCUT2D eigenvalue weighted by Crippen LogP contribution is 2.53. The van der Waals surface area contributed by atoms with E-state index in [4.69, 9.17) is 0 Å². The fourth-order valence-corrected chi connectivity index (χ4v) is 12.5. The lowest BCUT2D eigenvalue weighted by Gasteiger charge is -2.32. The first-order valence-electron chi connectivity index (χ1n) is 21.7. The molecule has 0 atom stereocenters. The van der Waals surface area contributed by atoms with Gasteiger partial charge in [0, 0.05) is 53.1 Å². The van der Waals surface area contributed by atoms with Crippen LogP contribution in [-0.2, 0) is 0 Å². The molecule has 0 N–H and O–H groups in total. The molecule has 0 aliphatic carbocycles. The number of hydrogen-bond donors (Lipinski definition) is 0. The number of benzene rings is 10. The minimum absolute atomic E-state index is 0.298. The zero-order chi connectivity index (χ0) is 41.6. The lowest BCUT2D eigenvalue weighted by molar-refractivity contribution is 0.875. The molecule has 0 amide bonds. The summed E-state index contributed by atoms with van der Waals surface area (Å²) in [6, 6.07) is 68.0. The Morgan fingerprint density at radius 3 is 1.11 bits per heavy atom. The third-order valence-corrected chi connectivity index (χ3v) is 15.3. The Bertz CT molecular complexity index is 3410. The smallest absolute Gasteiger partial charge is 0.0640 e. The second kappa shape index (κ2) is 14.4. The van der Waals surface area contributed by atoms with Crippen LogP contribution < -0.4 is 9.80 Å². The fourth-order valence-electron chi connectivity index (χ4n) is 10.1. The number of para-hydroxylation sites is 2. The van der Waals surface area contributed by atoms with E-state index in [9.17, 15) is 0 Å². The predicted molar refractivity (Wildman–Crippen MR) is 273 cm³/mol. The number of rotatable bonds is 8. The molecule has 0 saturated heterocycles. The summed E-state index contributed by atoms with van der Waals surface area (Å²) in [6.45, 7) is 9.40. The van der Waals surface area contributed by atoms with Crippen LogP contribution in [0.1, 0.15) is 50.7 Å². The Morgan fingerprint density at radius 2 is 0.694 bits per heavy atom. The molecule has 0 unspecified atom stereocenters. The summed E-state index contributed by atoms with van der Waals surface area (Å²) in [5.41, 5.74) is 9.84. The summed E-state index contributed by atoms with van der Waals surface area (Å²) in [7, 11) is 0. The van der Waals surface area contributed by atoms with Gasteiger partial charge in [0.05, 0.1) is 32.1 Å². The van der Waals surface area contributed by atoms with Gasteiger partial charge in [-0.3, -0.25) is 0 Å². The molecule has 0 spiro atoms. The summed E-state index contributed by atoms with van der Waals surface area (Å²) in [6.07, 6.45) is 0. The molecule has 0 aliphatic heterocycles. The van der Waals surface area contributed by atoms with Gasteiger partial charge in [0.2, 0.25) is 0 Å². The van der Waals surface area contributed by atoms with Crippen molar-refractivity contribution in [2.24, 2.45) is 0 Å². The van der Waals surface area contributed by atoms with Gasteiger partial charge in [-0.1, -0.05) is 149 Å². The summed E-state index contributed by atoms with van der Waals surface area (Å²) < 4.78 is 5.22. The van der Waals surface area contributed by atoms with Crippen molar-refractivity contribution < 1.29 is 0 Å². The average Bonchev–Trinajstić information content (AvgIpc) is 3.89. The van der Waals surface area contributed by atoms with Crippen molar-refractivity contribution in [3.8, 4) is 0 Å². The molecule has 12 rings (SSSR count). The van der Waals surface area contributed by atoms with Gasteiger partial charge < -0.3 is 9.80 Å². The van der Waals surface area contributed by atoms with E-state index < -0.39 is 0 Å². The van der Waals surface area contributed by atoms with Gasteiger partial charge >= 0.3 is 0 Å². The fraction of sp³-hybridized carbons (Fsp3) is 0.103. The quantitative estimate of drug-likeness (QED) is 0.141. The van der Waals surface area contributed by atoms with Crippen LogP contribution in [0.3, 0.4) is 0 Å². The van der Waals surface area contributed by atoms with Gasteiger partial charge in [0.1, 0.15) is 0 Å². The second-order valence-corrected chi connectivity index (χ2v) is 19.3. The molecule has 2 aromatic heterocycles. The number of anilines is 6. The Kier molecular flexibility index (Phi) is 8.64. The molecule has 0 fully saturated rings. The van der Waals surface area contributed by atoms with Crippen molar-refractivity contribution in [3.63, 3.8) is 0 Å². The van der Waals surface area contributed by atoms with Crippen LogP contribution in [0.25, 0.3) is 72.7 Å². The second-order valence-electron chi connectivity index (χ2n) is 17.2. The summed E-state index contributed by atoms with van der Waals surface area (Å²) in [5.74, 6) is 0.595. The van der Waals surface area contributed by atoms with Crippen molar-refractivity contribution in [2.45, 2.75) is 39.5 Å². The SMILES string of the molecule is CC(C)c1cc(N(c2ccccc2)c2cccc3c2sc2ccccc23)c2ccc3c(C(C)C)cc(N(c4ccccc4)c4cccc5c4sc4ccccc45)c4ccc1c2c34. The van der Waals surface area contributed by atoms with Crippen LogP contribution in [0.2, 0.25) is 0 Å². The maximum atomic E-state index is 2.54. The minimum Gasteiger partial charge on any atom is -0.308 e. The molecule has 10 aromatic carbocycles. The maximum Gasteiger partial charge on any atom is 0.0640 e. The van der Waals surface area contributed by atoms with Crippen LogP contribution in [0.15, 0.2) is 182 Å². The van der Waals surface area contributed by atoms with Crippen molar-refractivity contribution in [3.05, 3.63) is 193 Å². The first-order valence-corrected chi connectivity index (χ1v) is 23.4. The average molecular weight is 833 g/mol. The van der Waals surface area contributed by atoms with Gasteiger partial charge in [-0.15, -0.1) is 22.7 Å². The molecule has 12 aromatic rings. The molecule has 0 saturated carbocycles. The van der Waals surface area contributed by atoms with Crippen molar-refractivity contribution >= 4 is 129 Å². The van der Waals surface area contributed by atoms with Crippen molar-refractivity contribution in [2.75, 3.05) is 9.80 Å². The van der Waals surface area contributed by atoms with Gasteiger partial charge in [-0.2, -0.15) is 0 Å². The van der Waals surface area contributed by atoms with Crippen LogP contribution >= 0.6 is 22.7 Å². The lowest BCUT2D eigenvalue weighted by atomic mass is 9.84. The van der Waals surface area contributed by atoms with Gasteiger partial charge in [0.25, 0.3) is 0 Å². The minimum atomic E-state index is 0.298. The van der Waals surface area contributed by atoms with E-state index in [1.54, 1.807) is 0 Å². The monoisotopic (exact) mass is 832 g/mol. The van der Waals surface area contributed by atoms with Gasteiger partial charge in [-0.05, 0) is 105 Å². The third kappa shape index (κ3) is 5.60. The Labute approximate surface area is 369 Å². The number of thiophene rings is 2. The third-order valence-electron chi connectivity index (χ3n) is 12.9. The maximum absolute atomic E-state index is 2.54. The van der Waals surface area contributed by atoms with E-state index in [0.29, 0.717) is 11.8 Å². The molecule has 0 aliphatic rings. The topological polar surface area (TPSA) is 6.48 Å². The first-order chi connectivity index (χ1) is 30.4. The highest BCUT2D eigenvalue weighted by molar-refractivity contribution is 7.26. The van der Waals surface area contributed by atoms with Crippen molar-refractivity contribution in [1.82, 2.24) is 0 Å². The molecular weight excluding hydrogens is 789 g/mol. The molecule has 0 bridgehead atoms. The normalized spacial score (nSPS) is 12.2. The van der Waals surface area contributed by atoms with E-state index in [1.165, 1.54) is 107 Å². The molecule has 4 heteroatoms. The molecule has 62 heavy (non-hydrogen) atoms. The van der Waals surface area contributed by atoms with Crippen LogP contribution in [-0.4, -0.2) is 0 Å². The van der Waals surface area contributed by atoms with Crippen LogP contribution in [0.5, 0.6) is 0 Å². The molecular formula is C58H44N2S2. The zero-order valence-corrected chi connectivity index (χ0v) is 36.8. The lowest BCUT2D eigenvalue weighted by Crippen LogP contribution is -2.13. The van der Waals surface area contributed by atoms with E-state index in [1.807, 2.05) is 22.7 Å². The summed E-state index contributed by atoms with van der Waals surface area (Å²) in [4.78, 5) is 5.08. The largest absolute Gasteiger partial charge is 0.308 e.